The number of hydrogen-bond acceptors (Lipinski definition) is 4. The number of carboxylic acid groups (broad SMARTS) is 1. The van der Waals surface area contributed by atoms with Gasteiger partial charge in [-0.25, -0.2) is 4.79 Å². The molecule has 0 aliphatic carbocycles. The van der Waals surface area contributed by atoms with E-state index in [1.807, 2.05) is 0 Å². The summed E-state index contributed by atoms with van der Waals surface area (Å²) < 4.78 is 16.7. The molecule has 0 spiro atoms. The monoisotopic (exact) mass is 266 g/mol. The number of benzene rings is 1. The molecule has 1 heterocycles. The van der Waals surface area contributed by atoms with Gasteiger partial charge in [0.15, 0.2) is 17.6 Å². The molecule has 19 heavy (non-hydrogen) atoms. The van der Waals surface area contributed by atoms with Crippen molar-refractivity contribution in [3.63, 3.8) is 0 Å². The van der Waals surface area contributed by atoms with Crippen molar-refractivity contribution in [3.05, 3.63) is 23.8 Å². The molecule has 1 aromatic rings. The van der Waals surface area contributed by atoms with E-state index in [9.17, 15) is 4.79 Å². The predicted molar refractivity (Wildman–Crippen MR) is 69.0 cm³/mol. The zero-order chi connectivity index (χ0) is 13.7. The second-order valence-corrected chi connectivity index (χ2v) is 4.45. The second-order valence-electron chi connectivity index (χ2n) is 4.45. The van der Waals surface area contributed by atoms with Crippen LogP contribution in [0.3, 0.4) is 0 Å². The lowest BCUT2D eigenvalue weighted by atomic mass is 10.2. The lowest BCUT2D eigenvalue weighted by molar-refractivity contribution is 0.00800. The van der Waals surface area contributed by atoms with E-state index in [0.717, 1.165) is 12.8 Å². The van der Waals surface area contributed by atoms with E-state index in [-0.39, 0.29) is 11.7 Å². The van der Waals surface area contributed by atoms with E-state index >= 15 is 0 Å². The summed E-state index contributed by atoms with van der Waals surface area (Å²) in [6, 6.07) is 4.60. The third-order valence-corrected chi connectivity index (χ3v) is 2.85. The van der Waals surface area contributed by atoms with E-state index in [0.29, 0.717) is 31.3 Å². The first-order valence-corrected chi connectivity index (χ1v) is 6.45. The highest BCUT2D eigenvalue weighted by Crippen LogP contribution is 2.32. The maximum absolute atomic E-state index is 10.9. The maximum atomic E-state index is 10.9. The van der Waals surface area contributed by atoms with Crippen molar-refractivity contribution in [2.24, 2.45) is 0 Å². The summed E-state index contributed by atoms with van der Waals surface area (Å²) in [7, 11) is 0. The molecule has 1 N–H and O–H groups in total. The molecule has 5 nitrogen and oxygen atoms in total. The Morgan fingerprint density at radius 2 is 2.32 bits per heavy atom. The largest absolute Gasteiger partial charge is 0.486 e. The third kappa shape index (κ3) is 3.61. The molecular formula is C14H18O5. The quantitative estimate of drug-likeness (QED) is 0.801. The van der Waals surface area contributed by atoms with Gasteiger partial charge in [-0.1, -0.05) is 13.3 Å². The summed E-state index contributed by atoms with van der Waals surface area (Å²) in [6.45, 7) is 3.69. The van der Waals surface area contributed by atoms with Crippen LogP contribution < -0.4 is 9.47 Å². The van der Waals surface area contributed by atoms with Gasteiger partial charge < -0.3 is 19.3 Å². The molecule has 0 saturated heterocycles. The fourth-order valence-electron chi connectivity index (χ4n) is 1.79. The molecule has 5 heteroatoms. The number of rotatable bonds is 6. The number of carbonyl (C=O) groups is 1. The highest BCUT2D eigenvalue weighted by molar-refractivity contribution is 5.88. The van der Waals surface area contributed by atoms with Crippen LogP contribution in [-0.2, 0) is 4.74 Å². The molecule has 1 unspecified atom stereocenters. The first-order valence-electron chi connectivity index (χ1n) is 6.45. The predicted octanol–water partition coefficient (Wildman–Crippen LogP) is 2.34. The highest BCUT2D eigenvalue weighted by atomic mass is 16.6. The zero-order valence-corrected chi connectivity index (χ0v) is 10.9. The van der Waals surface area contributed by atoms with E-state index in [2.05, 4.69) is 6.92 Å². The number of hydrogen-bond donors (Lipinski definition) is 1. The van der Waals surface area contributed by atoms with Crippen LogP contribution >= 0.6 is 0 Å². The van der Waals surface area contributed by atoms with Gasteiger partial charge in [-0.15, -0.1) is 0 Å². The Labute approximate surface area is 112 Å². The van der Waals surface area contributed by atoms with E-state index < -0.39 is 5.97 Å². The summed E-state index contributed by atoms with van der Waals surface area (Å²) >= 11 is 0. The van der Waals surface area contributed by atoms with Crippen molar-refractivity contribution >= 4 is 5.97 Å². The number of fused-ring (bicyclic) bond motifs is 1. The number of aromatic carboxylic acids is 1. The molecule has 1 aromatic carbocycles. The molecule has 2 rings (SSSR count). The smallest absolute Gasteiger partial charge is 0.335 e. The normalized spacial score (nSPS) is 17.2. The maximum Gasteiger partial charge on any atom is 0.335 e. The van der Waals surface area contributed by atoms with Crippen molar-refractivity contribution in [3.8, 4) is 11.5 Å². The van der Waals surface area contributed by atoms with E-state index in [1.165, 1.54) is 12.1 Å². The minimum absolute atomic E-state index is 0.187. The molecule has 1 aliphatic heterocycles. The van der Waals surface area contributed by atoms with Gasteiger partial charge in [0.1, 0.15) is 6.61 Å². The Morgan fingerprint density at radius 3 is 3.05 bits per heavy atom. The Morgan fingerprint density at radius 1 is 1.47 bits per heavy atom. The summed E-state index contributed by atoms with van der Waals surface area (Å²) in [5, 5.41) is 8.93. The van der Waals surface area contributed by atoms with Crippen LogP contribution in [0.25, 0.3) is 0 Å². The van der Waals surface area contributed by atoms with Crippen molar-refractivity contribution < 1.29 is 24.1 Å². The minimum atomic E-state index is -0.979. The van der Waals surface area contributed by atoms with Gasteiger partial charge in [0, 0.05) is 6.61 Å². The van der Waals surface area contributed by atoms with Crippen LogP contribution in [-0.4, -0.2) is 37.0 Å². The highest BCUT2D eigenvalue weighted by Gasteiger charge is 2.22. The van der Waals surface area contributed by atoms with Gasteiger partial charge in [-0.2, -0.15) is 0 Å². The van der Waals surface area contributed by atoms with Crippen molar-refractivity contribution in [1.82, 2.24) is 0 Å². The fraction of sp³-hybridized carbons (Fsp3) is 0.500. The molecule has 0 amide bonds. The third-order valence-electron chi connectivity index (χ3n) is 2.85. The van der Waals surface area contributed by atoms with E-state index in [4.69, 9.17) is 19.3 Å². The van der Waals surface area contributed by atoms with Crippen molar-refractivity contribution in [1.29, 1.82) is 0 Å². The number of ether oxygens (including phenoxy) is 3. The molecule has 1 atom stereocenters. The molecule has 0 fully saturated rings. The minimum Gasteiger partial charge on any atom is -0.486 e. The average molecular weight is 266 g/mol. The molecule has 104 valence electrons. The summed E-state index contributed by atoms with van der Waals surface area (Å²) in [5.74, 6) is 0.0674. The molecule has 0 bridgehead atoms. The van der Waals surface area contributed by atoms with Crippen LogP contribution in [0.2, 0.25) is 0 Å². The zero-order valence-electron chi connectivity index (χ0n) is 10.9. The van der Waals surface area contributed by atoms with Crippen LogP contribution in [0.15, 0.2) is 18.2 Å². The molecule has 1 aliphatic rings. The van der Waals surface area contributed by atoms with Crippen molar-refractivity contribution in [2.45, 2.75) is 25.9 Å². The summed E-state index contributed by atoms with van der Waals surface area (Å²) in [6.07, 6.45) is 1.92. The fourth-order valence-corrected chi connectivity index (χ4v) is 1.79. The Kier molecular flexibility index (Phi) is 4.63. The van der Waals surface area contributed by atoms with Gasteiger partial charge in [-0.3, -0.25) is 0 Å². The van der Waals surface area contributed by atoms with Crippen LogP contribution in [0.4, 0.5) is 0 Å². The lowest BCUT2D eigenvalue weighted by Gasteiger charge is -2.26. The van der Waals surface area contributed by atoms with Crippen LogP contribution in [0.1, 0.15) is 30.1 Å². The van der Waals surface area contributed by atoms with E-state index in [1.54, 1.807) is 6.07 Å². The number of carboxylic acids is 1. The first-order chi connectivity index (χ1) is 9.20. The topological polar surface area (TPSA) is 65.0 Å². The molecule has 0 saturated carbocycles. The second kappa shape index (κ2) is 6.43. The van der Waals surface area contributed by atoms with Gasteiger partial charge >= 0.3 is 5.97 Å². The Balaban J connectivity index is 1.94. The van der Waals surface area contributed by atoms with Gasteiger partial charge in [0.25, 0.3) is 0 Å². The SMILES string of the molecule is CCCCOCC1COc2ccc(C(=O)O)cc2O1. The lowest BCUT2D eigenvalue weighted by Crippen LogP contribution is -2.33. The van der Waals surface area contributed by atoms with Gasteiger partial charge in [-0.05, 0) is 24.6 Å². The van der Waals surface area contributed by atoms with Crippen LogP contribution in [0, 0.1) is 0 Å². The number of unbranched alkanes of at least 4 members (excludes halogenated alkanes) is 1. The van der Waals surface area contributed by atoms with Gasteiger partial charge in [0.05, 0.1) is 12.2 Å². The Bertz CT molecular complexity index is 443. The van der Waals surface area contributed by atoms with Gasteiger partial charge in [0.2, 0.25) is 0 Å². The summed E-state index contributed by atoms with van der Waals surface area (Å²) in [4.78, 5) is 10.9. The molecule has 0 aromatic heterocycles. The molecule has 0 radical (unpaired) electrons. The Hall–Kier alpha value is -1.75. The standard InChI is InChI=1S/C14H18O5/c1-2-3-6-17-8-11-9-18-12-5-4-10(14(15)16)7-13(12)19-11/h4-5,7,11H,2-3,6,8-9H2,1H3,(H,15,16). The van der Waals surface area contributed by atoms with Crippen LogP contribution in [0.5, 0.6) is 11.5 Å². The van der Waals surface area contributed by atoms with Crippen molar-refractivity contribution in [2.75, 3.05) is 19.8 Å². The summed E-state index contributed by atoms with van der Waals surface area (Å²) in [5.41, 5.74) is 0.190. The molecular weight excluding hydrogens is 248 g/mol. The first kappa shape index (κ1) is 13.7. The average Bonchev–Trinajstić information content (AvgIpc) is 2.42.